The summed E-state index contributed by atoms with van der Waals surface area (Å²) in [6.07, 6.45) is 16.6. The Morgan fingerprint density at radius 1 is 1.03 bits per heavy atom. The van der Waals surface area contributed by atoms with Gasteiger partial charge in [-0.05, 0) is 113 Å². The molecule has 0 spiro atoms. The molecule has 0 bridgehead atoms. The lowest BCUT2D eigenvalue weighted by Gasteiger charge is -2.64. The summed E-state index contributed by atoms with van der Waals surface area (Å²) in [5.41, 5.74) is -0.0106. The average molecular weight is 486 g/mol. The zero-order valence-electron chi connectivity index (χ0n) is 22.3. The Hall–Kier alpha value is -0.880. The van der Waals surface area contributed by atoms with E-state index in [4.69, 9.17) is 13.9 Å². The van der Waals surface area contributed by atoms with E-state index in [1.807, 2.05) is 13.4 Å². The highest BCUT2D eigenvalue weighted by molar-refractivity contribution is 5.31. The van der Waals surface area contributed by atoms with Gasteiger partial charge in [-0.25, -0.2) is 0 Å². The van der Waals surface area contributed by atoms with Crippen molar-refractivity contribution in [3.63, 3.8) is 0 Å². The highest BCUT2D eigenvalue weighted by Gasteiger charge is 2.72. The quantitative estimate of drug-likeness (QED) is 0.555. The van der Waals surface area contributed by atoms with Gasteiger partial charge < -0.3 is 23.9 Å². The van der Waals surface area contributed by atoms with E-state index in [1.165, 1.54) is 58.0 Å². The number of hydrogen-bond donors (Lipinski definition) is 1. The number of hydrogen-bond acceptors (Lipinski definition) is 5. The third-order valence-electron chi connectivity index (χ3n) is 12.2. The van der Waals surface area contributed by atoms with Crippen molar-refractivity contribution >= 4 is 0 Å². The molecule has 3 unspecified atom stereocenters. The van der Waals surface area contributed by atoms with Gasteiger partial charge in [0.25, 0.3) is 0 Å². The summed E-state index contributed by atoms with van der Waals surface area (Å²) < 4.78 is 18.3. The lowest BCUT2D eigenvalue weighted by molar-refractivity contribution is -0.244. The molecule has 5 fully saturated rings. The largest absolute Gasteiger partial charge is 0.472 e. The number of nitrogens with zero attached hydrogens (tertiary/aromatic N) is 1. The fraction of sp³-hybridized carbons (Fsp3) is 0.867. The molecule has 5 nitrogen and oxygen atoms in total. The Labute approximate surface area is 211 Å². The van der Waals surface area contributed by atoms with Gasteiger partial charge in [0.05, 0.1) is 30.8 Å². The molecular formula is C30H47NO4. The molecule has 1 N–H and O–H groups in total. The van der Waals surface area contributed by atoms with Gasteiger partial charge in [-0.15, -0.1) is 0 Å². The van der Waals surface area contributed by atoms with Crippen LogP contribution in [0, 0.1) is 28.6 Å². The van der Waals surface area contributed by atoms with Crippen LogP contribution in [0.4, 0.5) is 0 Å². The first kappa shape index (κ1) is 24.5. The SMILES string of the molecule is COC1(c2ccoc2)CC[C@@]2(O)[C@@H]3CCC4CC(OCCN5CCCC5)CC[C@]4(C)[C@@H]3CC[C@]12C. The van der Waals surface area contributed by atoms with Gasteiger partial charge in [0.15, 0.2) is 0 Å². The average Bonchev–Trinajstić information content (AvgIpc) is 3.61. The predicted octanol–water partition coefficient (Wildman–Crippen LogP) is 5.76. The van der Waals surface area contributed by atoms with E-state index < -0.39 is 11.2 Å². The molecule has 4 saturated carbocycles. The summed E-state index contributed by atoms with van der Waals surface area (Å²) in [6, 6.07) is 2.05. The molecular weight excluding hydrogens is 438 g/mol. The van der Waals surface area contributed by atoms with Gasteiger partial charge in [-0.2, -0.15) is 0 Å². The van der Waals surface area contributed by atoms with Crippen LogP contribution >= 0.6 is 0 Å². The Balaban J connectivity index is 1.17. The second-order valence-corrected chi connectivity index (χ2v) is 13.1. The molecule has 2 heterocycles. The molecule has 196 valence electrons. The molecule has 4 aliphatic carbocycles. The first-order valence-corrected chi connectivity index (χ1v) is 14.5. The van der Waals surface area contributed by atoms with Gasteiger partial charge in [-0.1, -0.05) is 13.8 Å². The summed E-state index contributed by atoms with van der Waals surface area (Å²) in [4.78, 5) is 2.56. The zero-order chi connectivity index (χ0) is 24.3. The third-order valence-corrected chi connectivity index (χ3v) is 12.2. The van der Waals surface area contributed by atoms with E-state index in [1.54, 1.807) is 6.26 Å². The van der Waals surface area contributed by atoms with Crippen LogP contribution in [0.2, 0.25) is 0 Å². The maximum atomic E-state index is 12.6. The monoisotopic (exact) mass is 485 g/mol. The predicted molar refractivity (Wildman–Crippen MR) is 136 cm³/mol. The Morgan fingerprint density at radius 3 is 2.60 bits per heavy atom. The van der Waals surface area contributed by atoms with E-state index >= 15 is 0 Å². The van der Waals surface area contributed by atoms with Crippen LogP contribution in [-0.4, -0.2) is 55.1 Å². The number of rotatable bonds is 6. The van der Waals surface area contributed by atoms with Crippen LogP contribution in [-0.2, 0) is 15.1 Å². The van der Waals surface area contributed by atoms with Gasteiger partial charge in [0.1, 0.15) is 5.60 Å². The summed E-state index contributed by atoms with van der Waals surface area (Å²) in [5.74, 6) is 1.69. The number of likely N-dealkylation sites (tertiary alicyclic amines) is 1. The van der Waals surface area contributed by atoms with E-state index in [9.17, 15) is 5.11 Å². The topological polar surface area (TPSA) is 55.1 Å². The normalized spacial score (nSPS) is 47.9. The van der Waals surface area contributed by atoms with E-state index in [-0.39, 0.29) is 5.41 Å². The van der Waals surface area contributed by atoms with E-state index in [2.05, 4.69) is 24.8 Å². The maximum Gasteiger partial charge on any atom is 0.104 e. The zero-order valence-corrected chi connectivity index (χ0v) is 22.3. The number of furan rings is 1. The fourth-order valence-corrected chi connectivity index (χ4v) is 10.1. The van der Waals surface area contributed by atoms with Crippen molar-refractivity contribution in [3.8, 4) is 0 Å². The fourth-order valence-electron chi connectivity index (χ4n) is 10.1. The maximum absolute atomic E-state index is 12.6. The molecule has 0 amide bonds. The van der Waals surface area contributed by atoms with Gasteiger partial charge in [0, 0.05) is 24.6 Å². The van der Waals surface area contributed by atoms with Gasteiger partial charge in [-0.3, -0.25) is 0 Å². The number of ether oxygens (including phenoxy) is 2. The van der Waals surface area contributed by atoms with Crippen LogP contribution in [0.15, 0.2) is 23.0 Å². The van der Waals surface area contributed by atoms with Crippen LogP contribution < -0.4 is 0 Å². The summed E-state index contributed by atoms with van der Waals surface area (Å²) in [7, 11) is 1.83. The molecule has 6 rings (SSSR count). The van der Waals surface area contributed by atoms with E-state index in [0.29, 0.717) is 23.4 Å². The molecule has 0 radical (unpaired) electrons. The summed E-state index contributed by atoms with van der Waals surface area (Å²) in [6.45, 7) is 9.38. The van der Waals surface area contributed by atoms with Crippen LogP contribution in [0.1, 0.15) is 90.0 Å². The van der Waals surface area contributed by atoms with Crippen LogP contribution in [0.3, 0.4) is 0 Å². The minimum absolute atomic E-state index is 0.293. The van der Waals surface area contributed by atoms with Crippen molar-refractivity contribution in [3.05, 3.63) is 24.2 Å². The molecule has 1 aromatic heterocycles. The highest BCUT2D eigenvalue weighted by atomic mass is 16.5. The van der Waals surface area contributed by atoms with Crippen molar-refractivity contribution in [2.24, 2.45) is 28.6 Å². The molecule has 8 atom stereocenters. The minimum atomic E-state index is -0.680. The number of methoxy groups -OCH3 is 1. The number of aliphatic hydroxyl groups is 1. The minimum Gasteiger partial charge on any atom is -0.472 e. The summed E-state index contributed by atoms with van der Waals surface area (Å²) in [5, 5.41) is 12.6. The summed E-state index contributed by atoms with van der Waals surface area (Å²) >= 11 is 0. The van der Waals surface area contributed by atoms with Crippen LogP contribution in [0.5, 0.6) is 0 Å². The molecule has 5 aliphatic rings. The molecule has 1 aromatic rings. The molecule has 0 aromatic carbocycles. The Kier molecular flexibility index (Phi) is 6.19. The number of fused-ring (bicyclic) bond motifs is 5. The first-order valence-electron chi connectivity index (χ1n) is 14.5. The molecule has 5 heteroatoms. The third kappa shape index (κ3) is 3.47. The van der Waals surface area contributed by atoms with Gasteiger partial charge in [0.2, 0.25) is 0 Å². The molecule has 35 heavy (non-hydrogen) atoms. The van der Waals surface area contributed by atoms with Crippen molar-refractivity contribution in [1.29, 1.82) is 0 Å². The van der Waals surface area contributed by atoms with Crippen molar-refractivity contribution in [2.45, 2.75) is 102 Å². The first-order chi connectivity index (χ1) is 16.9. The van der Waals surface area contributed by atoms with E-state index in [0.717, 1.165) is 50.3 Å². The molecule has 1 aliphatic heterocycles. The smallest absolute Gasteiger partial charge is 0.104 e. The van der Waals surface area contributed by atoms with Crippen molar-refractivity contribution < 1.29 is 19.0 Å². The lowest BCUT2D eigenvalue weighted by atomic mass is 9.43. The van der Waals surface area contributed by atoms with Crippen molar-refractivity contribution in [1.82, 2.24) is 4.90 Å². The standard InChI is InChI=1S/C30H47NO4/c1-27-11-8-24(35-19-17-31-15-4-5-16-31)20-22(27)6-7-26-25(27)9-12-28(2)29(26,32)13-14-30(28,33-3)23-10-18-34-21-23/h10,18,21-22,24-26,32H,4-9,11-17,19-20H2,1-3H3/t22?,24?,25-,26-,27+,28+,29-,30?/m1/s1. The Bertz CT molecular complexity index is 883. The van der Waals surface area contributed by atoms with Crippen molar-refractivity contribution in [2.75, 3.05) is 33.4 Å². The Morgan fingerprint density at radius 2 is 1.86 bits per heavy atom. The second kappa shape index (κ2) is 8.85. The lowest BCUT2D eigenvalue weighted by Crippen LogP contribution is -2.64. The highest BCUT2D eigenvalue weighted by Crippen LogP contribution is 2.72. The molecule has 1 saturated heterocycles. The van der Waals surface area contributed by atoms with Gasteiger partial charge >= 0.3 is 0 Å². The van der Waals surface area contributed by atoms with Crippen LogP contribution in [0.25, 0.3) is 0 Å². The second-order valence-electron chi connectivity index (χ2n) is 13.1.